The van der Waals surface area contributed by atoms with Gasteiger partial charge in [0.15, 0.2) is 0 Å². The van der Waals surface area contributed by atoms with Crippen LogP contribution >= 0.6 is 0 Å². The molecule has 2 aromatic heterocycles. The Labute approximate surface area is 222 Å². The molecule has 1 aromatic carbocycles. The summed E-state index contributed by atoms with van der Waals surface area (Å²) in [6.07, 6.45) is 4.17. The van der Waals surface area contributed by atoms with E-state index in [0.29, 0.717) is 48.1 Å². The van der Waals surface area contributed by atoms with Gasteiger partial charge in [0.1, 0.15) is 19.2 Å². The molecule has 0 radical (unpaired) electrons. The number of carbonyl (C=O) groups excluding carboxylic acids is 1. The number of hydrogen-bond acceptors (Lipinski definition) is 7. The van der Waals surface area contributed by atoms with Crippen LogP contribution in [0.2, 0.25) is 0 Å². The van der Waals surface area contributed by atoms with Crippen LogP contribution in [0.5, 0.6) is 11.8 Å². The van der Waals surface area contributed by atoms with Crippen molar-refractivity contribution in [1.82, 2.24) is 9.97 Å². The van der Waals surface area contributed by atoms with Gasteiger partial charge in [-0.15, -0.1) is 0 Å². The van der Waals surface area contributed by atoms with E-state index in [9.17, 15) is 14.6 Å². The van der Waals surface area contributed by atoms with Gasteiger partial charge >= 0.3 is 0 Å². The highest BCUT2D eigenvalue weighted by atomic mass is 19.1. The van der Waals surface area contributed by atoms with E-state index >= 15 is 0 Å². The van der Waals surface area contributed by atoms with E-state index in [2.05, 4.69) is 9.97 Å². The first kappa shape index (κ1) is 27.7. The smallest absolute Gasteiger partial charge is 0.213 e. The summed E-state index contributed by atoms with van der Waals surface area (Å²) in [4.78, 5) is 17.0. The number of aromatic nitrogens is 2. The minimum Gasteiger partial charge on any atom is -0.478 e. The Hall–Kier alpha value is -3.36. The minimum absolute atomic E-state index is 0.0759. The number of benzene rings is 1. The molecule has 8 heteroatoms. The van der Waals surface area contributed by atoms with Gasteiger partial charge in [0, 0.05) is 41.8 Å². The number of aliphatic hydroxyl groups excluding tert-OH is 1. The lowest BCUT2D eigenvalue weighted by molar-refractivity contribution is -0.0980. The summed E-state index contributed by atoms with van der Waals surface area (Å²) >= 11 is 0. The molecule has 2 aliphatic carbocycles. The number of aliphatic hydroxyl groups is 2. The third kappa shape index (κ3) is 6.19. The minimum atomic E-state index is -0.707. The zero-order valence-corrected chi connectivity index (χ0v) is 22.1. The third-order valence-electron chi connectivity index (χ3n) is 7.33. The number of halogens is 1. The summed E-state index contributed by atoms with van der Waals surface area (Å²) in [5, 5.41) is 19.2. The van der Waals surface area contributed by atoms with Crippen molar-refractivity contribution in [2.24, 2.45) is 11.8 Å². The molecule has 202 valence electrons. The largest absolute Gasteiger partial charge is 0.478 e. The predicted molar refractivity (Wildman–Crippen MR) is 142 cm³/mol. The van der Waals surface area contributed by atoms with Crippen LogP contribution in [0.15, 0.2) is 42.6 Å². The van der Waals surface area contributed by atoms with Crippen molar-refractivity contribution in [3.05, 3.63) is 70.8 Å². The number of nitrogens with zero attached hydrogens (tertiary/aromatic N) is 2. The van der Waals surface area contributed by atoms with Gasteiger partial charge in [-0.25, -0.2) is 14.4 Å². The number of pyridine rings is 2. The SMILES string of the molecule is C=O.Cc1nc(OCCCC(C)(C)O)ccc1-c1ccc(F)c(COc2cc3c(cn2)C2C(C3)[C@@H]2CO)c1. The maximum atomic E-state index is 14.6. The maximum Gasteiger partial charge on any atom is 0.213 e. The van der Waals surface area contributed by atoms with E-state index < -0.39 is 5.60 Å². The van der Waals surface area contributed by atoms with Crippen molar-refractivity contribution in [1.29, 1.82) is 0 Å². The summed E-state index contributed by atoms with van der Waals surface area (Å²) in [7, 11) is 0. The normalized spacial score (nSPS) is 19.2. The highest BCUT2D eigenvalue weighted by Gasteiger charge is 2.55. The molecular weight excluding hydrogens is 487 g/mol. The first-order valence-electron chi connectivity index (χ1n) is 12.9. The fourth-order valence-electron chi connectivity index (χ4n) is 5.34. The van der Waals surface area contributed by atoms with Crippen LogP contribution in [0, 0.1) is 24.6 Å². The van der Waals surface area contributed by atoms with Gasteiger partial charge < -0.3 is 24.5 Å². The molecule has 0 bridgehead atoms. The van der Waals surface area contributed by atoms with Gasteiger partial charge in [0.2, 0.25) is 11.8 Å². The second-order valence-corrected chi connectivity index (χ2v) is 10.6. The van der Waals surface area contributed by atoms with E-state index in [-0.39, 0.29) is 19.0 Å². The van der Waals surface area contributed by atoms with Gasteiger partial charge in [-0.3, -0.25) is 0 Å². The van der Waals surface area contributed by atoms with Crippen LogP contribution in [-0.4, -0.2) is 45.8 Å². The summed E-state index contributed by atoms with van der Waals surface area (Å²) in [5.41, 5.74) is 4.71. The molecule has 1 saturated carbocycles. The van der Waals surface area contributed by atoms with Gasteiger partial charge in [-0.05, 0) is 92.7 Å². The second kappa shape index (κ2) is 11.6. The molecule has 1 fully saturated rings. The fourth-order valence-corrected chi connectivity index (χ4v) is 5.34. The van der Waals surface area contributed by atoms with Gasteiger partial charge in [0.05, 0.1) is 12.2 Å². The predicted octanol–water partition coefficient (Wildman–Crippen LogP) is 4.79. The molecule has 2 N–H and O–H groups in total. The van der Waals surface area contributed by atoms with Crippen LogP contribution in [0.4, 0.5) is 4.39 Å². The number of hydrogen-bond donors (Lipinski definition) is 2. The molecule has 3 atom stereocenters. The van der Waals surface area contributed by atoms with Gasteiger partial charge in [0.25, 0.3) is 0 Å². The Kier molecular flexibility index (Phi) is 8.43. The maximum absolute atomic E-state index is 14.6. The summed E-state index contributed by atoms with van der Waals surface area (Å²) < 4.78 is 26.2. The van der Waals surface area contributed by atoms with Crippen LogP contribution < -0.4 is 9.47 Å². The molecule has 2 heterocycles. The topological polar surface area (TPSA) is 102 Å². The first-order chi connectivity index (χ1) is 18.2. The van der Waals surface area contributed by atoms with Crippen molar-refractivity contribution in [3.63, 3.8) is 0 Å². The van der Waals surface area contributed by atoms with E-state index in [1.165, 1.54) is 17.2 Å². The number of ether oxygens (including phenoxy) is 2. The third-order valence-corrected chi connectivity index (χ3v) is 7.33. The average molecular weight is 523 g/mol. The lowest BCUT2D eigenvalue weighted by Gasteiger charge is -2.16. The lowest BCUT2D eigenvalue weighted by atomic mass is 10.0. The van der Waals surface area contributed by atoms with E-state index in [4.69, 9.17) is 14.3 Å². The quantitative estimate of drug-likeness (QED) is 0.369. The Morgan fingerprint density at radius 1 is 1.13 bits per heavy atom. The highest BCUT2D eigenvalue weighted by molar-refractivity contribution is 5.67. The van der Waals surface area contributed by atoms with Crippen LogP contribution in [0.3, 0.4) is 0 Å². The van der Waals surface area contributed by atoms with Crippen LogP contribution in [-0.2, 0) is 17.8 Å². The number of fused-ring (bicyclic) bond motifs is 3. The van der Waals surface area contributed by atoms with Crippen molar-refractivity contribution in [2.75, 3.05) is 13.2 Å². The van der Waals surface area contributed by atoms with Gasteiger partial charge in [-0.1, -0.05) is 6.07 Å². The highest BCUT2D eigenvalue weighted by Crippen LogP contribution is 2.61. The van der Waals surface area contributed by atoms with Gasteiger partial charge in [-0.2, -0.15) is 0 Å². The number of rotatable bonds is 10. The molecule has 5 rings (SSSR count). The van der Waals surface area contributed by atoms with E-state index in [1.807, 2.05) is 38.1 Å². The summed E-state index contributed by atoms with van der Waals surface area (Å²) in [6.45, 7) is 8.25. The fraction of sp³-hybridized carbons (Fsp3) is 0.433. The average Bonchev–Trinajstić information content (AvgIpc) is 3.46. The molecule has 38 heavy (non-hydrogen) atoms. The van der Waals surface area contributed by atoms with E-state index in [0.717, 1.165) is 29.7 Å². The monoisotopic (exact) mass is 522 g/mol. The molecule has 3 aromatic rings. The summed E-state index contributed by atoms with van der Waals surface area (Å²) in [5.74, 6) is 2.02. The molecule has 0 aliphatic heterocycles. The van der Waals surface area contributed by atoms with Crippen LogP contribution in [0.25, 0.3) is 11.1 Å². The van der Waals surface area contributed by atoms with Crippen molar-refractivity contribution in [2.45, 2.75) is 58.2 Å². The molecule has 2 unspecified atom stereocenters. The van der Waals surface area contributed by atoms with E-state index in [1.54, 1.807) is 26.0 Å². The molecule has 0 saturated heterocycles. The zero-order valence-electron chi connectivity index (χ0n) is 22.1. The molecule has 2 aliphatic rings. The molecular formula is C30H35FN2O5. The zero-order chi connectivity index (χ0) is 27.4. The molecule has 7 nitrogen and oxygen atoms in total. The summed E-state index contributed by atoms with van der Waals surface area (Å²) in [6, 6.07) is 10.7. The Morgan fingerprint density at radius 3 is 2.63 bits per heavy atom. The Morgan fingerprint density at radius 2 is 1.92 bits per heavy atom. The molecule has 0 spiro atoms. The number of carbonyl (C=O) groups is 1. The van der Waals surface area contributed by atoms with Crippen molar-refractivity contribution >= 4 is 6.79 Å². The number of aryl methyl sites for hydroxylation is 1. The Bertz CT molecular complexity index is 1280. The van der Waals surface area contributed by atoms with Crippen LogP contribution in [0.1, 0.15) is 55.0 Å². The molecule has 0 amide bonds. The lowest BCUT2D eigenvalue weighted by Crippen LogP contribution is -2.19. The second-order valence-electron chi connectivity index (χ2n) is 10.6. The first-order valence-corrected chi connectivity index (χ1v) is 12.9. The van der Waals surface area contributed by atoms with Crippen molar-refractivity contribution in [3.8, 4) is 22.9 Å². The standard InChI is InChI=1S/C29H33FN2O4.CH2O/c1-17-21(6-8-26(32-17)35-10-4-9-29(2,3)34)18-5-7-25(30)20(11-18)16-36-27-13-19-12-22-24(15-33)28(22)23(19)14-31-27;1-2/h5-8,11,13-14,22,24,28,33-34H,4,9-10,12,15-16H2,1-3H3;1H2/t22?,24-,28?;/m0./s1. The Balaban J connectivity index is 0.00000164. The van der Waals surface area contributed by atoms with Crippen molar-refractivity contribution < 1.29 is 28.9 Å².